The Labute approximate surface area is 171 Å². The van der Waals surface area contributed by atoms with Crippen molar-refractivity contribution in [1.29, 1.82) is 0 Å². The van der Waals surface area contributed by atoms with Crippen molar-refractivity contribution < 1.29 is 49.3 Å². The molecule has 3 aliphatic heterocycles. The van der Waals surface area contributed by atoms with Crippen LogP contribution >= 0.6 is 0 Å². The highest BCUT2D eigenvalue weighted by molar-refractivity contribution is 5.96. The van der Waals surface area contributed by atoms with E-state index in [2.05, 4.69) is 0 Å². The third kappa shape index (κ3) is 1.53. The summed E-state index contributed by atoms with van der Waals surface area (Å²) in [6.07, 6.45) is -4.96. The van der Waals surface area contributed by atoms with Gasteiger partial charge in [-0.3, -0.25) is 4.79 Å². The Hall–Kier alpha value is -1.40. The molecule has 3 saturated heterocycles. The summed E-state index contributed by atoms with van der Waals surface area (Å²) in [5.74, 6) is -5.64. The first-order valence-electron chi connectivity index (χ1n) is 10.1. The summed E-state index contributed by atoms with van der Waals surface area (Å²) < 4.78 is 16.7. The molecule has 0 aromatic rings. The van der Waals surface area contributed by atoms with Crippen LogP contribution in [0.15, 0.2) is 11.6 Å². The third-order valence-corrected chi connectivity index (χ3v) is 9.17. The van der Waals surface area contributed by atoms with Crippen LogP contribution in [0.3, 0.4) is 0 Å². The van der Waals surface area contributed by atoms with Crippen LogP contribution in [-0.2, 0) is 23.8 Å². The Bertz CT molecular complexity index is 927. The SMILES string of the molecule is CC1=CC(=O)[C@@H](O)[C@]2(C)[C@H]3C4(O)OC[C@@]35[C@@H](C[C@@H]12)OC(=O)[C@H](O)[C@@]5(O)[C@@]1(CO1)[C@H]4O. The number of rotatable bonds is 0. The van der Waals surface area contributed by atoms with E-state index in [0.717, 1.165) is 0 Å². The maximum absolute atomic E-state index is 12.6. The van der Waals surface area contributed by atoms with Gasteiger partial charge in [0.15, 0.2) is 23.3 Å². The fourth-order valence-electron chi connectivity index (χ4n) is 7.88. The van der Waals surface area contributed by atoms with Crippen LogP contribution in [0, 0.1) is 22.7 Å². The minimum atomic E-state index is -2.35. The molecule has 10 nitrogen and oxygen atoms in total. The second kappa shape index (κ2) is 4.98. The molecule has 5 fully saturated rings. The Morgan fingerprint density at radius 1 is 1.07 bits per heavy atom. The van der Waals surface area contributed by atoms with Gasteiger partial charge >= 0.3 is 5.97 Å². The van der Waals surface area contributed by atoms with Gasteiger partial charge < -0.3 is 39.7 Å². The van der Waals surface area contributed by atoms with Gasteiger partial charge in [0.1, 0.15) is 23.9 Å². The van der Waals surface area contributed by atoms with E-state index < -0.39 is 75.8 Å². The molecule has 1 unspecified atom stereocenters. The van der Waals surface area contributed by atoms with E-state index in [0.29, 0.717) is 5.57 Å². The minimum Gasteiger partial charge on any atom is -0.460 e. The second-order valence-corrected chi connectivity index (χ2v) is 10.0. The Morgan fingerprint density at radius 3 is 2.37 bits per heavy atom. The molecule has 3 heterocycles. The number of fused-ring (bicyclic) bond motifs is 2. The molecule has 0 radical (unpaired) electrons. The molecule has 10 heteroatoms. The van der Waals surface area contributed by atoms with Crippen LogP contribution in [0.25, 0.3) is 0 Å². The highest BCUT2D eigenvalue weighted by Gasteiger charge is 2.94. The summed E-state index contributed by atoms with van der Waals surface area (Å²) >= 11 is 0. The zero-order valence-electron chi connectivity index (χ0n) is 16.4. The van der Waals surface area contributed by atoms with Gasteiger partial charge in [0.05, 0.1) is 18.6 Å². The second-order valence-electron chi connectivity index (χ2n) is 10.0. The van der Waals surface area contributed by atoms with Crippen molar-refractivity contribution in [2.45, 2.75) is 61.7 Å². The van der Waals surface area contributed by atoms with Gasteiger partial charge in [-0.1, -0.05) is 12.5 Å². The van der Waals surface area contributed by atoms with Crippen LogP contribution < -0.4 is 0 Å². The number of hydrogen-bond acceptors (Lipinski definition) is 10. The largest absolute Gasteiger partial charge is 0.460 e. The van der Waals surface area contributed by atoms with E-state index >= 15 is 0 Å². The average molecular weight is 424 g/mol. The van der Waals surface area contributed by atoms with Crippen molar-refractivity contribution in [3.63, 3.8) is 0 Å². The van der Waals surface area contributed by atoms with Gasteiger partial charge in [-0.2, -0.15) is 0 Å². The molecule has 2 spiro atoms. The number of ketones is 1. The standard InChI is InChI=1S/C20H24O10/c1-7-3-9(21)11(22)16(2)8(7)4-10-17-5-29-19(26,14(16)17)15(25)18(6-28-18)20(17,27)12(23)13(24)30-10/h3,8,10-12,14-15,22-23,25-27H,4-6H2,1-2H3/t8-,10+,11+,12-,14+,15+,16+,17+,18+,19?,20-/m0/s1. The highest BCUT2D eigenvalue weighted by atomic mass is 16.7. The number of ether oxygens (including phenoxy) is 3. The quantitative estimate of drug-likeness (QED) is 0.205. The smallest absolute Gasteiger partial charge is 0.338 e. The molecule has 2 saturated carbocycles. The number of aliphatic hydroxyl groups is 5. The van der Waals surface area contributed by atoms with Crippen LogP contribution in [-0.4, -0.2) is 91.9 Å². The molecular formula is C20H24O10. The van der Waals surface area contributed by atoms with E-state index in [1.54, 1.807) is 13.8 Å². The van der Waals surface area contributed by atoms with Crippen molar-refractivity contribution in [1.82, 2.24) is 0 Å². The van der Waals surface area contributed by atoms with Crippen LogP contribution in [0.5, 0.6) is 0 Å². The maximum Gasteiger partial charge on any atom is 0.338 e. The number of hydrogen-bond donors (Lipinski definition) is 5. The van der Waals surface area contributed by atoms with Crippen LogP contribution in [0.4, 0.5) is 0 Å². The minimum absolute atomic E-state index is 0.145. The molecule has 30 heavy (non-hydrogen) atoms. The van der Waals surface area contributed by atoms with Crippen molar-refractivity contribution in [3.05, 3.63) is 11.6 Å². The molecule has 0 aromatic carbocycles. The third-order valence-electron chi connectivity index (χ3n) is 9.17. The topological polar surface area (TPSA) is 166 Å². The fourth-order valence-corrected chi connectivity index (χ4v) is 7.88. The van der Waals surface area contributed by atoms with Crippen molar-refractivity contribution in [2.24, 2.45) is 22.7 Å². The number of epoxide rings is 1. The fraction of sp³-hybridized carbons (Fsp3) is 0.800. The number of carbonyl (C=O) groups is 2. The summed E-state index contributed by atoms with van der Waals surface area (Å²) in [5, 5.41) is 56.7. The zero-order chi connectivity index (χ0) is 21.6. The van der Waals surface area contributed by atoms with Crippen molar-refractivity contribution in [2.75, 3.05) is 13.2 Å². The predicted octanol–water partition coefficient (Wildman–Crippen LogP) is -2.62. The van der Waals surface area contributed by atoms with Gasteiger partial charge in [0.25, 0.3) is 0 Å². The molecule has 164 valence electrons. The molecular weight excluding hydrogens is 400 g/mol. The van der Waals surface area contributed by atoms with Crippen LogP contribution in [0.2, 0.25) is 0 Å². The molecule has 0 amide bonds. The van der Waals surface area contributed by atoms with Crippen LogP contribution in [0.1, 0.15) is 20.3 Å². The lowest BCUT2D eigenvalue weighted by Crippen LogP contribution is -2.87. The number of allylic oxidation sites excluding steroid dienone is 1. The monoisotopic (exact) mass is 424 g/mol. The normalized spacial score (nSPS) is 63.1. The zero-order valence-corrected chi connectivity index (χ0v) is 16.4. The van der Waals surface area contributed by atoms with Gasteiger partial charge in [-0.05, 0) is 25.3 Å². The molecule has 11 atom stereocenters. The van der Waals surface area contributed by atoms with Gasteiger partial charge in [0.2, 0.25) is 0 Å². The molecule has 6 aliphatic rings. The summed E-state index contributed by atoms with van der Waals surface area (Å²) in [5.41, 5.74) is -6.52. The molecule has 0 aromatic heterocycles. The van der Waals surface area contributed by atoms with E-state index in [9.17, 15) is 35.1 Å². The maximum atomic E-state index is 12.6. The van der Waals surface area contributed by atoms with E-state index in [-0.39, 0.29) is 19.6 Å². The van der Waals surface area contributed by atoms with Crippen molar-refractivity contribution >= 4 is 11.8 Å². The first-order valence-corrected chi connectivity index (χ1v) is 10.1. The highest BCUT2D eigenvalue weighted by Crippen LogP contribution is 2.77. The lowest BCUT2D eigenvalue weighted by atomic mass is 9.36. The molecule has 2 bridgehead atoms. The molecule has 5 N–H and O–H groups in total. The molecule has 6 rings (SSSR count). The summed E-state index contributed by atoms with van der Waals surface area (Å²) in [7, 11) is 0. The Kier molecular flexibility index (Phi) is 3.21. The average Bonchev–Trinajstić information content (AvgIpc) is 3.44. The number of carbonyl (C=O) groups excluding carboxylic acids is 2. The number of aliphatic hydroxyl groups excluding tert-OH is 3. The Balaban J connectivity index is 1.68. The summed E-state index contributed by atoms with van der Waals surface area (Å²) in [4.78, 5) is 25.2. The van der Waals surface area contributed by atoms with E-state index in [1.165, 1.54) is 6.08 Å². The van der Waals surface area contributed by atoms with E-state index in [1.807, 2.05) is 0 Å². The Morgan fingerprint density at radius 2 is 1.73 bits per heavy atom. The molecule has 3 aliphatic carbocycles. The van der Waals surface area contributed by atoms with Gasteiger partial charge in [-0.15, -0.1) is 0 Å². The summed E-state index contributed by atoms with van der Waals surface area (Å²) in [6.45, 7) is 2.77. The van der Waals surface area contributed by atoms with E-state index in [4.69, 9.17) is 14.2 Å². The lowest BCUT2D eigenvalue weighted by molar-refractivity contribution is -0.379. The predicted molar refractivity (Wildman–Crippen MR) is 93.3 cm³/mol. The number of esters is 1. The van der Waals surface area contributed by atoms with Gasteiger partial charge in [-0.25, -0.2) is 4.79 Å². The lowest BCUT2D eigenvalue weighted by Gasteiger charge is -2.70. The van der Waals surface area contributed by atoms with Crippen molar-refractivity contribution in [3.8, 4) is 0 Å². The first kappa shape index (κ1) is 19.3. The van der Waals surface area contributed by atoms with Gasteiger partial charge in [0, 0.05) is 11.3 Å². The summed E-state index contributed by atoms with van der Waals surface area (Å²) in [6, 6.07) is 0. The first-order chi connectivity index (χ1) is 13.9.